The second kappa shape index (κ2) is 3.64. The highest BCUT2D eigenvalue weighted by Gasteiger charge is 2.06. The number of benzene rings is 1. The third-order valence-electron chi connectivity index (χ3n) is 2.26. The molecule has 72 valence electrons. The summed E-state index contributed by atoms with van der Waals surface area (Å²) in [6, 6.07) is 7.84. The normalized spacial score (nSPS) is 10.4. The van der Waals surface area contributed by atoms with E-state index in [1.807, 2.05) is 24.3 Å². The number of hydrogen-bond donors (Lipinski definition) is 1. The van der Waals surface area contributed by atoms with Gasteiger partial charge >= 0.3 is 0 Å². The van der Waals surface area contributed by atoms with Gasteiger partial charge in [0.05, 0.1) is 12.6 Å². The maximum atomic E-state index is 5.67. The van der Waals surface area contributed by atoms with E-state index in [0.29, 0.717) is 6.54 Å². The molecule has 2 rings (SSSR count). The average molecular weight is 188 g/mol. The molecule has 0 aliphatic rings. The van der Waals surface area contributed by atoms with Crippen LogP contribution in [0.1, 0.15) is 5.56 Å². The van der Waals surface area contributed by atoms with Gasteiger partial charge in [0, 0.05) is 23.7 Å². The van der Waals surface area contributed by atoms with Gasteiger partial charge in [-0.05, 0) is 18.2 Å². The van der Waals surface area contributed by atoms with Crippen molar-refractivity contribution in [3.63, 3.8) is 0 Å². The SMILES string of the molecule is COc1ccc2cccnc2c1CN. The molecule has 14 heavy (non-hydrogen) atoms. The minimum absolute atomic E-state index is 0.442. The quantitative estimate of drug-likeness (QED) is 0.780. The zero-order chi connectivity index (χ0) is 9.97. The molecule has 0 saturated carbocycles. The van der Waals surface area contributed by atoms with E-state index in [4.69, 9.17) is 10.5 Å². The number of fused-ring (bicyclic) bond motifs is 1. The maximum Gasteiger partial charge on any atom is 0.125 e. The molecule has 0 spiro atoms. The summed E-state index contributed by atoms with van der Waals surface area (Å²) in [4.78, 5) is 4.30. The van der Waals surface area contributed by atoms with E-state index in [0.717, 1.165) is 22.2 Å². The summed E-state index contributed by atoms with van der Waals surface area (Å²) in [6.07, 6.45) is 1.76. The Hall–Kier alpha value is -1.61. The van der Waals surface area contributed by atoms with Gasteiger partial charge in [0.2, 0.25) is 0 Å². The highest BCUT2D eigenvalue weighted by Crippen LogP contribution is 2.25. The molecular weight excluding hydrogens is 176 g/mol. The van der Waals surface area contributed by atoms with Crippen molar-refractivity contribution in [1.82, 2.24) is 4.98 Å². The van der Waals surface area contributed by atoms with Crippen LogP contribution in [0.5, 0.6) is 5.75 Å². The van der Waals surface area contributed by atoms with E-state index in [1.54, 1.807) is 13.3 Å². The maximum absolute atomic E-state index is 5.67. The van der Waals surface area contributed by atoms with Gasteiger partial charge in [0.1, 0.15) is 5.75 Å². The van der Waals surface area contributed by atoms with Crippen LogP contribution in [0.3, 0.4) is 0 Å². The first-order chi connectivity index (χ1) is 6.86. The number of hydrogen-bond acceptors (Lipinski definition) is 3. The van der Waals surface area contributed by atoms with E-state index < -0.39 is 0 Å². The smallest absolute Gasteiger partial charge is 0.125 e. The highest BCUT2D eigenvalue weighted by molar-refractivity contribution is 5.83. The van der Waals surface area contributed by atoms with E-state index in [9.17, 15) is 0 Å². The van der Waals surface area contributed by atoms with Gasteiger partial charge in [-0.1, -0.05) is 6.07 Å². The number of nitrogens with two attached hydrogens (primary N) is 1. The fourth-order valence-electron chi connectivity index (χ4n) is 1.58. The Morgan fingerprint density at radius 1 is 1.36 bits per heavy atom. The van der Waals surface area contributed by atoms with E-state index >= 15 is 0 Å². The molecule has 0 atom stereocenters. The molecule has 2 aromatic rings. The summed E-state index contributed by atoms with van der Waals surface area (Å²) < 4.78 is 5.22. The van der Waals surface area contributed by atoms with Gasteiger partial charge in [-0.15, -0.1) is 0 Å². The van der Waals surface area contributed by atoms with Crippen LogP contribution in [-0.4, -0.2) is 12.1 Å². The number of methoxy groups -OCH3 is 1. The average Bonchev–Trinajstić information content (AvgIpc) is 2.27. The summed E-state index contributed by atoms with van der Waals surface area (Å²) in [7, 11) is 1.64. The Kier molecular flexibility index (Phi) is 2.33. The summed E-state index contributed by atoms with van der Waals surface area (Å²) in [6.45, 7) is 0.442. The van der Waals surface area contributed by atoms with Gasteiger partial charge in [0.25, 0.3) is 0 Å². The lowest BCUT2D eigenvalue weighted by Crippen LogP contribution is -2.01. The largest absolute Gasteiger partial charge is 0.496 e. The summed E-state index contributed by atoms with van der Waals surface area (Å²) >= 11 is 0. The molecule has 0 fully saturated rings. The van der Waals surface area contributed by atoms with Crippen molar-refractivity contribution in [2.45, 2.75) is 6.54 Å². The Morgan fingerprint density at radius 3 is 2.93 bits per heavy atom. The second-order valence-electron chi connectivity index (χ2n) is 3.03. The molecule has 3 heteroatoms. The van der Waals surface area contributed by atoms with Crippen LogP contribution in [0.15, 0.2) is 30.5 Å². The second-order valence-corrected chi connectivity index (χ2v) is 3.03. The number of rotatable bonds is 2. The first-order valence-electron chi connectivity index (χ1n) is 4.47. The number of pyridine rings is 1. The molecule has 0 aliphatic carbocycles. The lowest BCUT2D eigenvalue weighted by molar-refractivity contribution is 0.410. The van der Waals surface area contributed by atoms with Crippen molar-refractivity contribution in [2.75, 3.05) is 7.11 Å². The van der Waals surface area contributed by atoms with Crippen molar-refractivity contribution in [3.8, 4) is 5.75 Å². The predicted molar refractivity (Wildman–Crippen MR) is 56.2 cm³/mol. The summed E-state index contributed by atoms with van der Waals surface area (Å²) in [5.74, 6) is 0.804. The van der Waals surface area contributed by atoms with Gasteiger partial charge in [-0.2, -0.15) is 0 Å². The Balaban J connectivity index is 2.77. The molecule has 0 bridgehead atoms. The van der Waals surface area contributed by atoms with Gasteiger partial charge in [0.15, 0.2) is 0 Å². The number of aromatic nitrogens is 1. The summed E-state index contributed by atoms with van der Waals surface area (Å²) in [5.41, 5.74) is 7.56. The number of ether oxygens (including phenoxy) is 1. The van der Waals surface area contributed by atoms with Gasteiger partial charge in [-0.25, -0.2) is 0 Å². The third kappa shape index (κ3) is 1.32. The lowest BCUT2D eigenvalue weighted by atomic mass is 10.1. The predicted octanol–water partition coefficient (Wildman–Crippen LogP) is 1.70. The van der Waals surface area contributed by atoms with Crippen molar-refractivity contribution < 1.29 is 4.74 Å². The molecule has 2 N–H and O–H groups in total. The Bertz CT molecular complexity index is 454. The van der Waals surface area contributed by atoms with E-state index in [2.05, 4.69) is 4.98 Å². The first kappa shape index (κ1) is 8.97. The third-order valence-corrected chi connectivity index (χ3v) is 2.26. The van der Waals surface area contributed by atoms with Crippen LogP contribution in [0.25, 0.3) is 10.9 Å². The standard InChI is InChI=1S/C11H12N2O/c1-14-10-5-4-8-3-2-6-13-11(8)9(10)7-12/h2-6H,7,12H2,1H3. The minimum atomic E-state index is 0.442. The first-order valence-corrected chi connectivity index (χ1v) is 4.47. The van der Waals surface area contributed by atoms with Crippen LogP contribution in [0.4, 0.5) is 0 Å². The molecule has 3 nitrogen and oxygen atoms in total. The van der Waals surface area contributed by atoms with Gasteiger partial charge < -0.3 is 10.5 Å². The topological polar surface area (TPSA) is 48.1 Å². The van der Waals surface area contributed by atoms with Crippen LogP contribution in [-0.2, 0) is 6.54 Å². The molecule has 1 aromatic heterocycles. The molecule has 0 amide bonds. The molecule has 1 heterocycles. The van der Waals surface area contributed by atoms with Crippen molar-refractivity contribution in [1.29, 1.82) is 0 Å². The molecule has 0 aliphatic heterocycles. The van der Waals surface area contributed by atoms with Crippen molar-refractivity contribution in [2.24, 2.45) is 5.73 Å². The lowest BCUT2D eigenvalue weighted by Gasteiger charge is -2.08. The minimum Gasteiger partial charge on any atom is -0.496 e. The van der Waals surface area contributed by atoms with Crippen LogP contribution in [0.2, 0.25) is 0 Å². The van der Waals surface area contributed by atoms with Crippen molar-refractivity contribution >= 4 is 10.9 Å². The van der Waals surface area contributed by atoms with E-state index in [1.165, 1.54) is 0 Å². The molecule has 0 unspecified atom stereocenters. The molecule has 0 radical (unpaired) electrons. The zero-order valence-corrected chi connectivity index (χ0v) is 8.03. The fourth-order valence-corrected chi connectivity index (χ4v) is 1.58. The van der Waals surface area contributed by atoms with Crippen LogP contribution in [0, 0.1) is 0 Å². The van der Waals surface area contributed by atoms with E-state index in [-0.39, 0.29) is 0 Å². The van der Waals surface area contributed by atoms with Crippen LogP contribution < -0.4 is 10.5 Å². The Morgan fingerprint density at radius 2 is 2.21 bits per heavy atom. The fraction of sp³-hybridized carbons (Fsp3) is 0.182. The highest BCUT2D eigenvalue weighted by atomic mass is 16.5. The Labute approximate surface area is 82.5 Å². The zero-order valence-electron chi connectivity index (χ0n) is 8.03. The van der Waals surface area contributed by atoms with Crippen LogP contribution >= 0.6 is 0 Å². The monoisotopic (exact) mass is 188 g/mol. The number of nitrogens with zero attached hydrogens (tertiary/aromatic N) is 1. The van der Waals surface area contributed by atoms with Gasteiger partial charge in [-0.3, -0.25) is 4.98 Å². The van der Waals surface area contributed by atoms with Crippen molar-refractivity contribution in [3.05, 3.63) is 36.0 Å². The summed E-state index contributed by atoms with van der Waals surface area (Å²) in [5, 5.41) is 1.09. The molecule has 0 saturated heterocycles. The molecular formula is C11H12N2O. The molecule has 1 aromatic carbocycles.